The van der Waals surface area contributed by atoms with E-state index >= 15 is 0 Å². The Balaban J connectivity index is 3.17. The SMILES string of the molecule is CC(C)(C)[CH2][SbH2]. The number of rotatable bonds is 0. The number of hydrogen-bond acceptors (Lipinski definition) is 0. The summed E-state index contributed by atoms with van der Waals surface area (Å²) in [6.45, 7) is 6.83. The molecule has 0 fully saturated rings. The fraction of sp³-hybridized carbons (Fsp3) is 1.00. The maximum atomic E-state index is 2.28. The van der Waals surface area contributed by atoms with Crippen LogP contribution in [-0.2, 0) is 0 Å². The third-order valence-electron chi connectivity index (χ3n) is 0.612. The predicted octanol–water partition coefficient (Wildman–Crippen LogP) is 1.08. The fourth-order valence-corrected chi connectivity index (χ4v) is 0. The Hall–Kier alpha value is 0.818. The van der Waals surface area contributed by atoms with E-state index in [1.807, 2.05) is 0 Å². The van der Waals surface area contributed by atoms with E-state index in [1.165, 1.54) is 27.4 Å². The first-order valence-electron chi connectivity index (χ1n) is 2.26. The van der Waals surface area contributed by atoms with E-state index < -0.39 is 0 Å². The van der Waals surface area contributed by atoms with Crippen molar-refractivity contribution in [2.75, 3.05) is 0 Å². The van der Waals surface area contributed by atoms with Gasteiger partial charge >= 0.3 is 53.6 Å². The zero-order valence-electron chi connectivity index (χ0n) is 4.78. The van der Waals surface area contributed by atoms with Crippen molar-refractivity contribution in [3.8, 4) is 0 Å². The summed E-state index contributed by atoms with van der Waals surface area (Å²) in [4.78, 5) is 0. The third kappa shape index (κ3) is 4.82. The summed E-state index contributed by atoms with van der Waals surface area (Å²) in [7, 11) is 0. The number of hydrogen-bond donors (Lipinski definition) is 0. The molecule has 0 N–H and O–H groups in total. The van der Waals surface area contributed by atoms with Gasteiger partial charge in [0.25, 0.3) is 0 Å². The van der Waals surface area contributed by atoms with Gasteiger partial charge in [-0.05, 0) is 0 Å². The van der Waals surface area contributed by atoms with Crippen LogP contribution < -0.4 is 0 Å². The summed E-state index contributed by atoms with van der Waals surface area (Å²) in [5.41, 5.74) is 0.599. The zero-order chi connectivity index (χ0) is 5.21. The molecule has 0 amide bonds. The average Bonchev–Trinajstić information content (AvgIpc) is 1.35. The van der Waals surface area contributed by atoms with Crippen molar-refractivity contribution < 1.29 is 0 Å². The molecule has 0 aromatic rings. The molecule has 0 aliphatic carbocycles. The van der Waals surface area contributed by atoms with Crippen LogP contribution in [0.1, 0.15) is 20.8 Å². The van der Waals surface area contributed by atoms with E-state index in [2.05, 4.69) is 20.8 Å². The molecular weight excluding hydrogens is 182 g/mol. The second-order valence-electron chi connectivity index (χ2n) is 2.76. The Bertz CT molecular complexity index is 33.7. The van der Waals surface area contributed by atoms with Crippen LogP contribution in [0.5, 0.6) is 0 Å². The zero-order valence-corrected chi connectivity index (χ0v) is 8.08. The molecule has 0 nitrogen and oxygen atoms in total. The van der Waals surface area contributed by atoms with Crippen LogP contribution in [0, 0.1) is 5.41 Å². The fourth-order valence-electron chi connectivity index (χ4n) is 0. The molecule has 0 rings (SSSR count). The van der Waals surface area contributed by atoms with Crippen molar-refractivity contribution in [3.05, 3.63) is 0 Å². The van der Waals surface area contributed by atoms with E-state index in [4.69, 9.17) is 0 Å². The van der Waals surface area contributed by atoms with Gasteiger partial charge in [-0.25, -0.2) is 0 Å². The van der Waals surface area contributed by atoms with Crippen LogP contribution in [0.15, 0.2) is 0 Å². The predicted molar refractivity (Wildman–Crippen MR) is 32.8 cm³/mol. The molecule has 1 heteroatoms. The minimum absolute atomic E-state index is 0.599. The summed E-state index contributed by atoms with van der Waals surface area (Å²) in [5, 5.41) is 0. The van der Waals surface area contributed by atoms with Gasteiger partial charge in [-0.3, -0.25) is 0 Å². The van der Waals surface area contributed by atoms with Crippen LogP contribution in [0.25, 0.3) is 0 Å². The van der Waals surface area contributed by atoms with Crippen molar-refractivity contribution in [1.29, 1.82) is 0 Å². The van der Waals surface area contributed by atoms with E-state index in [0.29, 0.717) is 5.41 Å². The first-order valence-corrected chi connectivity index (χ1v) is 4.59. The second kappa shape index (κ2) is 2.21. The summed E-state index contributed by atoms with van der Waals surface area (Å²) >= 11 is 1.40. The summed E-state index contributed by atoms with van der Waals surface area (Å²) in [6.07, 6.45) is 0. The van der Waals surface area contributed by atoms with E-state index in [-0.39, 0.29) is 0 Å². The molecular formula is C5H13Sb. The molecule has 0 heterocycles. The van der Waals surface area contributed by atoms with Gasteiger partial charge in [-0.15, -0.1) is 0 Å². The monoisotopic (exact) mass is 194 g/mol. The van der Waals surface area contributed by atoms with Gasteiger partial charge in [0.1, 0.15) is 0 Å². The molecule has 38 valence electrons. The topological polar surface area (TPSA) is 0 Å². The Morgan fingerprint density at radius 3 is 1.50 bits per heavy atom. The van der Waals surface area contributed by atoms with Crippen molar-refractivity contribution in [2.45, 2.75) is 25.1 Å². The Labute approximate surface area is 53.8 Å². The molecule has 0 saturated carbocycles. The van der Waals surface area contributed by atoms with Gasteiger partial charge in [0.15, 0.2) is 0 Å². The summed E-state index contributed by atoms with van der Waals surface area (Å²) in [5.74, 6) is 0. The van der Waals surface area contributed by atoms with Crippen LogP contribution in [0.2, 0.25) is 4.37 Å². The first kappa shape index (κ1) is 6.82. The Morgan fingerprint density at radius 2 is 1.50 bits per heavy atom. The van der Waals surface area contributed by atoms with Gasteiger partial charge in [0, 0.05) is 0 Å². The molecule has 6 heavy (non-hydrogen) atoms. The quantitative estimate of drug-likeness (QED) is 0.507. The molecule has 0 unspecified atom stereocenters. The van der Waals surface area contributed by atoms with Gasteiger partial charge < -0.3 is 0 Å². The summed E-state index contributed by atoms with van der Waals surface area (Å²) in [6, 6.07) is 0. The van der Waals surface area contributed by atoms with Gasteiger partial charge in [-0.2, -0.15) is 0 Å². The van der Waals surface area contributed by atoms with Gasteiger partial charge in [0.05, 0.1) is 0 Å². The van der Waals surface area contributed by atoms with E-state index in [9.17, 15) is 0 Å². The average molecular weight is 195 g/mol. The van der Waals surface area contributed by atoms with Crippen molar-refractivity contribution in [2.24, 2.45) is 5.41 Å². The van der Waals surface area contributed by atoms with Crippen molar-refractivity contribution >= 4 is 23.0 Å². The van der Waals surface area contributed by atoms with Crippen LogP contribution >= 0.6 is 0 Å². The molecule has 0 aliphatic heterocycles. The van der Waals surface area contributed by atoms with Crippen LogP contribution in [0.3, 0.4) is 0 Å². The van der Waals surface area contributed by atoms with Crippen LogP contribution in [-0.4, -0.2) is 23.0 Å². The molecule has 0 radical (unpaired) electrons. The van der Waals surface area contributed by atoms with Crippen molar-refractivity contribution in [3.63, 3.8) is 0 Å². The molecule has 0 aromatic carbocycles. The summed E-state index contributed by atoms with van der Waals surface area (Å²) < 4.78 is 1.40. The van der Waals surface area contributed by atoms with E-state index in [0.717, 1.165) is 0 Å². The third-order valence-corrected chi connectivity index (χ3v) is 4.11. The maximum absolute atomic E-state index is 2.28. The minimum atomic E-state index is 0.599. The van der Waals surface area contributed by atoms with Crippen LogP contribution in [0.4, 0.5) is 0 Å². The molecule has 0 aliphatic rings. The molecule has 0 saturated heterocycles. The van der Waals surface area contributed by atoms with Crippen molar-refractivity contribution in [1.82, 2.24) is 0 Å². The normalized spacial score (nSPS) is 12.0. The standard InChI is InChI=1S/C5H11.Sb.2H/c1-5(2,3)4;;;/h1H2,2-4H3;;;. The molecule has 0 aromatic heterocycles. The second-order valence-corrected chi connectivity index (χ2v) is 3.93. The molecule has 0 atom stereocenters. The molecule has 0 spiro atoms. The van der Waals surface area contributed by atoms with Gasteiger partial charge in [-0.1, -0.05) is 0 Å². The Morgan fingerprint density at radius 1 is 1.33 bits per heavy atom. The van der Waals surface area contributed by atoms with Gasteiger partial charge in [0.2, 0.25) is 0 Å². The first-order chi connectivity index (χ1) is 2.56. The van der Waals surface area contributed by atoms with E-state index in [1.54, 1.807) is 0 Å². The molecule has 0 bridgehead atoms. The Kier molecular flexibility index (Phi) is 2.51.